The van der Waals surface area contributed by atoms with Crippen molar-refractivity contribution in [3.63, 3.8) is 0 Å². The van der Waals surface area contributed by atoms with E-state index >= 15 is 0 Å². The van der Waals surface area contributed by atoms with Crippen molar-refractivity contribution in [2.24, 2.45) is 0 Å². The number of H-pyrrole nitrogens is 1. The number of unbranched alkanes of at least 4 members (excludes halogenated alkanes) is 1. The van der Waals surface area contributed by atoms with Gasteiger partial charge in [0.05, 0.1) is 7.11 Å². The van der Waals surface area contributed by atoms with E-state index in [2.05, 4.69) is 16.6 Å². The molecule has 0 atom stereocenters. The standard InChI is InChI=1S/C18H22N2O4/c1-4-5-10-20(2)18(22)24-14-7-8-15-13(6-9-17(21)23-3)12-19-16(15)11-14/h6-9,11-12,19H,4-5,10H2,1-3H3/b9-6+. The molecule has 1 amide bonds. The Bertz CT molecular complexity index is 749. The molecule has 6 nitrogen and oxygen atoms in total. The van der Waals surface area contributed by atoms with E-state index in [9.17, 15) is 9.59 Å². The molecule has 128 valence electrons. The van der Waals surface area contributed by atoms with Gasteiger partial charge in [0.1, 0.15) is 5.75 Å². The number of fused-ring (bicyclic) bond motifs is 1. The van der Waals surface area contributed by atoms with Gasteiger partial charge in [-0.1, -0.05) is 13.3 Å². The van der Waals surface area contributed by atoms with E-state index in [1.54, 1.807) is 36.4 Å². The summed E-state index contributed by atoms with van der Waals surface area (Å²) >= 11 is 0. The number of hydrogen-bond donors (Lipinski definition) is 1. The number of esters is 1. The van der Waals surface area contributed by atoms with Crippen LogP contribution in [0.1, 0.15) is 25.3 Å². The summed E-state index contributed by atoms with van der Waals surface area (Å²) in [5.74, 6) is 0.0613. The Hall–Kier alpha value is -2.76. The first-order valence-corrected chi connectivity index (χ1v) is 7.85. The predicted octanol–water partition coefficient (Wildman–Crippen LogP) is 3.58. The van der Waals surface area contributed by atoms with Crippen LogP contribution in [0.25, 0.3) is 17.0 Å². The Labute approximate surface area is 141 Å². The number of nitrogens with zero attached hydrogens (tertiary/aromatic N) is 1. The topological polar surface area (TPSA) is 71.6 Å². The number of hydrogen-bond acceptors (Lipinski definition) is 4. The Morgan fingerprint density at radius 1 is 1.33 bits per heavy atom. The molecule has 0 aliphatic rings. The average Bonchev–Trinajstić information content (AvgIpc) is 2.99. The Morgan fingerprint density at radius 3 is 2.83 bits per heavy atom. The number of carbonyl (C=O) groups excluding carboxylic acids is 2. The molecule has 0 spiro atoms. The van der Waals surface area contributed by atoms with Crippen LogP contribution in [-0.4, -0.2) is 42.6 Å². The maximum atomic E-state index is 12.0. The van der Waals surface area contributed by atoms with Gasteiger partial charge in [0.25, 0.3) is 0 Å². The molecule has 2 aromatic rings. The minimum atomic E-state index is -0.412. The van der Waals surface area contributed by atoms with Crippen LogP contribution in [0, 0.1) is 0 Å². The number of benzene rings is 1. The highest BCUT2D eigenvalue weighted by Crippen LogP contribution is 2.24. The Morgan fingerprint density at radius 2 is 2.12 bits per heavy atom. The van der Waals surface area contributed by atoms with Gasteiger partial charge in [-0.15, -0.1) is 0 Å². The molecule has 0 radical (unpaired) electrons. The van der Waals surface area contributed by atoms with E-state index in [-0.39, 0.29) is 6.09 Å². The SMILES string of the molecule is CCCCN(C)C(=O)Oc1ccc2c(/C=C/C(=O)OC)c[nH]c2c1. The molecular weight excluding hydrogens is 308 g/mol. The van der Waals surface area contributed by atoms with Gasteiger partial charge in [0.2, 0.25) is 0 Å². The van der Waals surface area contributed by atoms with Crippen molar-refractivity contribution < 1.29 is 19.1 Å². The molecule has 2 rings (SSSR count). The van der Waals surface area contributed by atoms with Crippen LogP contribution in [0.15, 0.2) is 30.5 Å². The number of carbonyl (C=O) groups is 2. The molecule has 0 bridgehead atoms. The molecule has 1 aromatic carbocycles. The first-order valence-electron chi connectivity index (χ1n) is 7.85. The summed E-state index contributed by atoms with van der Waals surface area (Å²) < 4.78 is 9.96. The van der Waals surface area contributed by atoms with Crippen LogP contribution in [-0.2, 0) is 9.53 Å². The molecule has 1 heterocycles. The number of rotatable bonds is 6. The van der Waals surface area contributed by atoms with Gasteiger partial charge in [-0.25, -0.2) is 9.59 Å². The lowest BCUT2D eigenvalue weighted by molar-refractivity contribution is -0.134. The molecular formula is C18H22N2O4. The molecule has 0 saturated heterocycles. The van der Waals surface area contributed by atoms with Crippen LogP contribution < -0.4 is 4.74 Å². The molecule has 0 aliphatic heterocycles. The summed E-state index contributed by atoms with van der Waals surface area (Å²) in [6.45, 7) is 2.74. The first kappa shape index (κ1) is 17.6. The van der Waals surface area contributed by atoms with E-state index in [4.69, 9.17) is 4.74 Å². The van der Waals surface area contributed by atoms with Gasteiger partial charge < -0.3 is 19.4 Å². The number of aromatic amines is 1. The van der Waals surface area contributed by atoms with Gasteiger partial charge in [0, 0.05) is 48.4 Å². The number of methoxy groups -OCH3 is 1. The molecule has 24 heavy (non-hydrogen) atoms. The van der Waals surface area contributed by atoms with E-state index in [1.165, 1.54) is 13.2 Å². The molecule has 1 aromatic heterocycles. The minimum Gasteiger partial charge on any atom is -0.466 e. The van der Waals surface area contributed by atoms with Gasteiger partial charge in [-0.2, -0.15) is 0 Å². The quantitative estimate of drug-likeness (QED) is 0.649. The summed E-state index contributed by atoms with van der Waals surface area (Å²) in [6, 6.07) is 5.34. The van der Waals surface area contributed by atoms with E-state index in [0.717, 1.165) is 29.3 Å². The highest BCUT2D eigenvalue weighted by Gasteiger charge is 2.11. The zero-order valence-corrected chi connectivity index (χ0v) is 14.2. The average molecular weight is 330 g/mol. The second-order valence-electron chi connectivity index (χ2n) is 5.45. The van der Waals surface area contributed by atoms with Gasteiger partial charge in [-0.05, 0) is 24.6 Å². The van der Waals surface area contributed by atoms with Crippen molar-refractivity contribution in [3.8, 4) is 5.75 Å². The molecule has 1 N–H and O–H groups in total. The normalized spacial score (nSPS) is 11.0. The van der Waals surface area contributed by atoms with E-state index in [1.807, 2.05) is 6.07 Å². The van der Waals surface area contributed by atoms with Crippen LogP contribution in [0.3, 0.4) is 0 Å². The third-order valence-electron chi connectivity index (χ3n) is 3.65. The second kappa shape index (κ2) is 8.19. The zero-order valence-electron chi connectivity index (χ0n) is 14.2. The largest absolute Gasteiger partial charge is 0.466 e. The minimum absolute atomic E-state index is 0.375. The number of amides is 1. The summed E-state index contributed by atoms with van der Waals surface area (Å²) in [7, 11) is 3.06. The van der Waals surface area contributed by atoms with Crippen molar-refractivity contribution in [1.29, 1.82) is 0 Å². The fraction of sp³-hybridized carbons (Fsp3) is 0.333. The van der Waals surface area contributed by atoms with Crippen LogP contribution in [0.2, 0.25) is 0 Å². The van der Waals surface area contributed by atoms with Crippen molar-refractivity contribution in [1.82, 2.24) is 9.88 Å². The third-order valence-corrected chi connectivity index (χ3v) is 3.65. The maximum absolute atomic E-state index is 12.0. The predicted molar refractivity (Wildman–Crippen MR) is 92.9 cm³/mol. The Kier molecular flexibility index (Phi) is 6.01. The second-order valence-corrected chi connectivity index (χ2v) is 5.45. The maximum Gasteiger partial charge on any atom is 0.414 e. The molecule has 6 heteroatoms. The lowest BCUT2D eigenvalue weighted by Gasteiger charge is -2.16. The zero-order chi connectivity index (χ0) is 17.5. The van der Waals surface area contributed by atoms with Crippen molar-refractivity contribution >= 4 is 29.0 Å². The van der Waals surface area contributed by atoms with Crippen molar-refractivity contribution in [3.05, 3.63) is 36.0 Å². The molecule has 0 fully saturated rings. The lowest BCUT2D eigenvalue weighted by atomic mass is 10.1. The van der Waals surface area contributed by atoms with Gasteiger partial charge in [0.15, 0.2) is 0 Å². The third kappa shape index (κ3) is 4.38. The van der Waals surface area contributed by atoms with E-state index in [0.29, 0.717) is 12.3 Å². The van der Waals surface area contributed by atoms with Crippen LogP contribution in [0.5, 0.6) is 5.75 Å². The number of nitrogens with one attached hydrogen (secondary N) is 1. The Balaban J connectivity index is 2.11. The van der Waals surface area contributed by atoms with Crippen LogP contribution in [0.4, 0.5) is 4.79 Å². The monoisotopic (exact) mass is 330 g/mol. The highest BCUT2D eigenvalue weighted by molar-refractivity contribution is 5.94. The summed E-state index contributed by atoms with van der Waals surface area (Å²) in [5, 5.41) is 0.925. The molecule has 0 saturated carbocycles. The van der Waals surface area contributed by atoms with Crippen molar-refractivity contribution in [2.75, 3.05) is 20.7 Å². The number of aromatic nitrogens is 1. The summed E-state index contributed by atoms with van der Waals surface area (Å²) in [5.41, 5.74) is 1.68. The van der Waals surface area contributed by atoms with Gasteiger partial charge in [-0.3, -0.25) is 0 Å². The molecule has 0 unspecified atom stereocenters. The van der Waals surface area contributed by atoms with Gasteiger partial charge >= 0.3 is 12.1 Å². The summed E-state index contributed by atoms with van der Waals surface area (Å²) in [6.07, 6.45) is 6.41. The van der Waals surface area contributed by atoms with E-state index < -0.39 is 5.97 Å². The molecule has 0 aliphatic carbocycles. The smallest absolute Gasteiger partial charge is 0.414 e. The van der Waals surface area contributed by atoms with Crippen LogP contribution >= 0.6 is 0 Å². The van der Waals surface area contributed by atoms with Crippen molar-refractivity contribution in [2.45, 2.75) is 19.8 Å². The lowest BCUT2D eigenvalue weighted by Crippen LogP contribution is -2.30. The fourth-order valence-corrected chi connectivity index (χ4v) is 2.22. The summed E-state index contributed by atoms with van der Waals surface area (Å²) in [4.78, 5) is 27.8. The fourth-order valence-electron chi connectivity index (χ4n) is 2.22. The first-order chi connectivity index (χ1) is 11.5. The highest BCUT2D eigenvalue weighted by atomic mass is 16.6. The number of ether oxygens (including phenoxy) is 2.